The molecule has 74 valence electrons. The number of hydrogen-bond donors (Lipinski definition) is 0. The van der Waals surface area contributed by atoms with E-state index in [4.69, 9.17) is 0 Å². The summed E-state index contributed by atoms with van der Waals surface area (Å²) in [5.41, 5.74) is 1.79. The quantitative estimate of drug-likeness (QED) is 0.467. The van der Waals surface area contributed by atoms with Gasteiger partial charge in [-0.1, -0.05) is 18.1 Å². The van der Waals surface area contributed by atoms with E-state index < -0.39 is 0 Å². The van der Waals surface area contributed by atoms with Gasteiger partial charge in [-0.3, -0.25) is 0 Å². The van der Waals surface area contributed by atoms with E-state index in [-0.39, 0.29) is 0 Å². The smallest absolute Gasteiger partial charge is 0.120 e. The van der Waals surface area contributed by atoms with Crippen molar-refractivity contribution in [1.82, 2.24) is 0 Å². The summed E-state index contributed by atoms with van der Waals surface area (Å²) in [5.74, 6) is 0. The second-order valence-corrected chi connectivity index (χ2v) is 4.54. The third kappa shape index (κ3) is 2.98. The van der Waals surface area contributed by atoms with E-state index in [0.29, 0.717) is 5.41 Å². The summed E-state index contributed by atoms with van der Waals surface area (Å²) in [6, 6.07) is 0. The zero-order valence-corrected chi connectivity index (χ0v) is 8.81. The second kappa shape index (κ2) is 4.59. The highest BCUT2D eigenvalue weighted by atomic mass is 16.1. The Morgan fingerprint density at radius 2 is 2.08 bits per heavy atom. The molecule has 0 aromatic rings. The number of carbonyl (C=O) groups excluding carboxylic acids is 1. The van der Waals surface area contributed by atoms with Crippen LogP contribution in [0.4, 0.5) is 0 Å². The number of aldehydes is 1. The minimum atomic E-state index is 0.397. The van der Waals surface area contributed by atoms with Crippen LogP contribution in [0.25, 0.3) is 0 Å². The van der Waals surface area contributed by atoms with Gasteiger partial charge in [-0.2, -0.15) is 0 Å². The molecule has 0 radical (unpaired) electrons. The Kier molecular flexibility index (Phi) is 3.71. The number of rotatable bonds is 5. The Balaban J connectivity index is 2.31. The van der Waals surface area contributed by atoms with Crippen LogP contribution in [0.15, 0.2) is 11.6 Å². The van der Waals surface area contributed by atoms with Crippen molar-refractivity contribution in [3.05, 3.63) is 11.6 Å². The molecule has 0 heterocycles. The Labute approximate surface area is 81.2 Å². The van der Waals surface area contributed by atoms with Crippen molar-refractivity contribution in [1.29, 1.82) is 0 Å². The van der Waals surface area contributed by atoms with E-state index in [2.05, 4.69) is 19.9 Å². The third-order valence-electron chi connectivity index (χ3n) is 3.16. The molecule has 0 saturated heterocycles. The summed E-state index contributed by atoms with van der Waals surface area (Å²) in [7, 11) is 0. The molecular formula is C12H20O. The lowest BCUT2D eigenvalue weighted by molar-refractivity contribution is -0.111. The maximum Gasteiger partial charge on any atom is 0.120 e. The number of carbonyl (C=O) groups is 1. The normalized spacial score (nSPS) is 18.9. The molecule has 0 aromatic carbocycles. The first kappa shape index (κ1) is 10.5. The fourth-order valence-electron chi connectivity index (χ4n) is 2.08. The van der Waals surface area contributed by atoms with Crippen molar-refractivity contribution >= 4 is 6.29 Å². The maximum atomic E-state index is 10.5. The van der Waals surface area contributed by atoms with E-state index in [9.17, 15) is 4.79 Å². The zero-order valence-electron chi connectivity index (χ0n) is 8.81. The van der Waals surface area contributed by atoms with Gasteiger partial charge in [0.05, 0.1) is 0 Å². The summed E-state index contributed by atoms with van der Waals surface area (Å²) >= 11 is 0. The first-order chi connectivity index (χ1) is 6.18. The predicted molar refractivity (Wildman–Crippen MR) is 55.6 cm³/mol. The van der Waals surface area contributed by atoms with Crippen molar-refractivity contribution < 1.29 is 4.79 Å². The number of allylic oxidation sites excluding steroid dienone is 2. The van der Waals surface area contributed by atoms with E-state index in [1.165, 1.54) is 31.3 Å². The van der Waals surface area contributed by atoms with Crippen molar-refractivity contribution in [2.45, 2.75) is 52.4 Å². The van der Waals surface area contributed by atoms with Gasteiger partial charge in [0.1, 0.15) is 6.29 Å². The van der Waals surface area contributed by atoms with Crippen LogP contribution in [0.3, 0.4) is 0 Å². The van der Waals surface area contributed by atoms with Crippen molar-refractivity contribution in [3.8, 4) is 0 Å². The summed E-state index contributed by atoms with van der Waals surface area (Å²) in [5, 5.41) is 0. The van der Waals surface area contributed by atoms with E-state index in [1.54, 1.807) is 0 Å². The van der Waals surface area contributed by atoms with Gasteiger partial charge in [0.2, 0.25) is 0 Å². The monoisotopic (exact) mass is 180 g/mol. The molecule has 1 rings (SSSR count). The van der Waals surface area contributed by atoms with Crippen molar-refractivity contribution in [3.63, 3.8) is 0 Å². The van der Waals surface area contributed by atoms with Crippen LogP contribution < -0.4 is 0 Å². The fraction of sp³-hybridized carbons (Fsp3) is 0.750. The highest BCUT2D eigenvalue weighted by molar-refractivity contribution is 5.51. The van der Waals surface area contributed by atoms with Crippen LogP contribution in [0, 0.1) is 5.41 Å². The topological polar surface area (TPSA) is 17.1 Å². The molecule has 0 amide bonds. The van der Waals surface area contributed by atoms with Crippen molar-refractivity contribution in [2.75, 3.05) is 0 Å². The summed E-state index contributed by atoms with van der Waals surface area (Å²) in [4.78, 5) is 10.5. The van der Waals surface area contributed by atoms with E-state index in [1.807, 2.05) is 0 Å². The van der Waals surface area contributed by atoms with Gasteiger partial charge in [0.25, 0.3) is 0 Å². The van der Waals surface area contributed by atoms with Crippen LogP contribution >= 0.6 is 0 Å². The van der Waals surface area contributed by atoms with Gasteiger partial charge in [0, 0.05) is 6.42 Å². The fourth-order valence-corrected chi connectivity index (χ4v) is 2.08. The Bertz CT molecular complexity index is 195. The van der Waals surface area contributed by atoms with Crippen LogP contribution in [0.1, 0.15) is 52.4 Å². The molecule has 0 atom stereocenters. The van der Waals surface area contributed by atoms with Gasteiger partial charge in [-0.05, 0) is 44.9 Å². The Hall–Kier alpha value is -0.590. The highest BCUT2D eigenvalue weighted by Gasteiger charge is 2.35. The lowest BCUT2D eigenvalue weighted by Gasteiger charge is -2.40. The van der Waals surface area contributed by atoms with Crippen molar-refractivity contribution in [2.24, 2.45) is 5.41 Å². The lowest BCUT2D eigenvalue weighted by Crippen LogP contribution is -2.29. The molecule has 13 heavy (non-hydrogen) atoms. The molecule has 0 N–H and O–H groups in total. The van der Waals surface area contributed by atoms with Gasteiger partial charge < -0.3 is 4.79 Å². The standard InChI is InChI=1S/C12H20O/c1-11(2)5-3-6-12(9-10-13)7-4-8-12/h5,10H,3-4,6-9H2,1-2H3. The average molecular weight is 180 g/mol. The molecule has 0 aromatic heterocycles. The molecule has 1 saturated carbocycles. The van der Waals surface area contributed by atoms with Crippen LogP contribution in [-0.2, 0) is 4.79 Å². The van der Waals surface area contributed by atoms with Gasteiger partial charge in [-0.25, -0.2) is 0 Å². The predicted octanol–water partition coefficient (Wildman–Crippen LogP) is 3.49. The summed E-state index contributed by atoms with van der Waals surface area (Å²) < 4.78 is 0. The van der Waals surface area contributed by atoms with Gasteiger partial charge in [-0.15, -0.1) is 0 Å². The minimum absolute atomic E-state index is 0.397. The van der Waals surface area contributed by atoms with Gasteiger partial charge in [0.15, 0.2) is 0 Å². The molecule has 1 heteroatoms. The molecule has 0 bridgehead atoms. The molecule has 1 nitrogen and oxygen atoms in total. The molecule has 1 fully saturated rings. The van der Waals surface area contributed by atoms with E-state index >= 15 is 0 Å². The highest BCUT2D eigenvalue weighted by Crippen LogP contribution is 2.47. The average Bonchev–Trinajstić information content (AvgIpc) is 1.99. The summed E-state index contributed by atoms with van der Waals surface area (Å²) in [6.07, 6.45) is 10.4. The molecule has 0 unspecified atom stereocenters. The molecule has 0 spiro atoms. The lowest BCUT2D eigenvalue weighted by atomic mass is 9.64. The number of hydrogen-bond acceptors (Lipinski definition) is 1. The molecule has 0 aliphatic heterocycles. The molecule has 1 aliphatic rings. The first-order valence-corrected chi connectivity index (χ1v) is 5.26. The first-order valence-electron chi connectivity index (χ1n) is 5.26. The maximum absolute atomic E-state index is 10.5. The largest absolute Gasteiger partial charge is 0.303 e. The Morgan fingerprint density at radius 1 is 1.38 bits per heavy atom. The SMILES string of the molecule is CC(C)=CCCC1(CC=O)CCC1. The van der Waals surface area contributed by atoms with Crippen LogP contribution in [-0.4, -0.2) is 6.29 Å². The Morgan fingerprint density at radius 3 is 2.46 bits per heavy atom. The van der Waals surface area contributed by atoms with Gasteiger partial charge >= 0.3 is 0 Å². The van der Waals surface area contributed by atoms with Crippen LogP contribution in [0.2, 0.25) is 0 Å². The second-order valence-electron chi connectivity index (χ2n) is 4.54. The minimum Gasteiger partial charge on any atom is -0.303 e. The third-order valence-corrected chi connectivity index (χ3v) is 3.16. The molecular weight excluding hydrogens is 160 g/mol. The zero-order chi connectivity index (χ0) is 9.73. The molecule has 1 aliphatic carbocycles. The van der Waals surface area contributed by atoms with E-state index in [0.717, 1.165) is 19.1 Å². The van der Waals surface area contributed by atoms with Crippen LogP contribution in [0.5, 0.6) is 0 Å². The summed E-state index contributed by atoms with van der Waals surface area (Å²) in [6.45, 7) is 4.26.